The molecule has 1 atom stereocenters. The van der Waals surface area contributed by atoms with E-state index in [-0.39, 0.29) is 36.4 Å². The molecule has 134 valence electrons. The Kier molecular flexibility index (Phi) is 5.40. The van der Waals surface area contributed by atoms with Gasteiger partial charge in [-0.25, -0.2) is 4.39 Å². The molecule has 1 amide bonds. The van der Waals surface area contributed by atoms with Crippen LogP contribution in [0.3, 0.4) is 0 Å². The molecule has 8 heteroatoms. The van der Waals surface area contributed by atoms with E-state index < -0.39 is 0 Å². The summed E-state index contributed by atoms with van der Waals surface area (Å²) < 4.78 is 24.7. The van der Waals surface area contributed by atoms with Gasteiger partial charge in [0.2, 0.25) is 11.8 Å². The summed E-state index contributed by atoms with van der Waals surface area (Å²) in [5.74, 6) is 0.145. The standard InChI is InChI=1S/C17H21FN4O3/c1-10(24-2)17-21-15(25-22-17)6-5-14(23)20-13-4-3-11-9-19-8-7-12(11)16(13)18/h3-4,10,19H,5-9H2,1-2H3,(H,20,23). The molecule has 0 saturated heterocycles. The second kappa shape index (κ2) is 7.71. The molecule has 2 heterocycles. The Bertz CT molecular complexity index is 762. The Labute approximate surface area is 144 Å². The van der Waals surface area contributed by atoms with Gasteiger partial charge in [-0.1, -0.05) is 11.2 Å². The van der Waals surface area contributed by atoms with Gasteiger partial charge in [0.15, 0.2) is 5.82 Å². The van der Waals surface area contributed by atoms with Gasteiger partial charge in [-0.05, 0) is 37.1 Å². The largest absolute Gasteiger partial charge is 0.374 e. The Morgan fingerprint density at radius 3 is 3.16 bits per heavy atom. The molecule has 1 aromatic carbocycles. The van der Waals surface area contributed by atoms with Crippen LogP contribution in [0.15, 0.2) is 16.7 Å². The van der Waals surface area contributed by atoms with Crippen molar-refractivity contribution in [2.24, 2.45) is 0 Å². The minimum atomic E-state index is -0.346. The minimum Gasteiger partial charge on any atom is -0.374 e. The van der Waals surface area contributed by atoms with Crippen molar-refractivity contribution in [1.29, 1.82) is 0 Å². The molecule has 0 fully saturated rings. The number of carbonyl (C=O) groups is 1. The zero-order valence-electron chi connectivity index (χ0n) is 14.3. The van der Waals surface area contributed by atoms with Crippen LogP contribution in [0, 0.1) is 5.82 Å². The molecule has 2 N–H and O–H groups in total. The number of ether oxygens (including phenoxy) is 1. The second-order valence-electron chi connectivity index (χ2n) is 5.96. The number of amides is 1. The monoisotopic (exact) mass is 348 g/mol. The average molecular weight is 348 g/mol. The van der Waals surface area contributed by atoms with Crippen molar-refractivity contribution in [3.05, 3.63) is 40.8 Å². The molecule has 0 bridgehead atoms. The topological polar surface area (TPSA) is 89.3 Å². The molecule has 0 aliphatic carbocycles. The third-order valence-corrected chi connectivity index (χ3v) is 4.25. The molecule has 2 aromatic rings. The van der Waals surface area contributed by atoms with Crippen molar-refractivity contribution in [2.45, 2.75) is 38.8 Å². The van der Waals surface area contributed by atoms with E-state index in [1.54, 1.807) is 20.1 Å². The number of nitrogens with zero attached hydrogens (tertiary/aromatic N) is 2. The van der Waals surface area contributed by atoms with Crippen molar-refractivity contribution in [2.75, 3.05) is 19.0 Å². The predicted molar refractivity (Wildman–Crippen MR) is 88.5 cm³/mol. The number of carbonyl (C=O) groups excluding carboxylic acids is 1. The van der Waals surface area contributed by atoms with E-state index in [0.717, 1.165) is 12.1 Å². The van der Waals surface area contributed by atoms with Gasteiger partial charge in [-0.2, -0.15) is 4.98 Å². The van der Waals surface area contributed by atoms with Gasteiger partial charge in [0.25, 0.3) is 0 Å². The molecule has 7 nitrogen and oxygen atoms in total. The van der Waals surface area contributed by atoms with Crippen LogP contribution in [0.2, 0.25) is 0 Å². The van der Waals surface area contributed by atoms with E-state index in [4.69, 9.17) is 9.26 Å². The van der Waals surface area contributed by atoms with E-state index in [2.05, 4.69) is 20.8 Å². The van der Waals surface area contributed by atoms with Crippen molar-refractivity contribution in [1.82, 2.24) is 15.5 Å². The summed E-state index contributed by atoms with van der Waals surface area (Å²) in [5.41, 5.74) is 1.82. The summed E-state index contributed by atoms with van der Waals surface area (Å²) in [6.45, 7) is 3.19. The fourth-order valence-electron chi connectivity index (χ4n) is 2.70. The molecule has 1 aliphatic heterocycles. The number of rotatable bonds is 6. The molecule has 1 unspecified atom stereocenters. The van der Waals surface area contributed by atoms with Crippen LogP contribution in [0.1, 0.15) is 42.3 Å². The average Bonchev–Trinajstić information content (AvgIpc) is 3.11. The fraction of sp³-hybridized carbons (Fsp3) is 0.471. The summed E-state index contributed by atoms with van der Waals surface area (Å²) in [6, 6.07) is 3.45. The Balaban J connectivity index is 1.59. The van der Waals surface area contributed by atoms with E-state index in [1.165, 1.54) is 0 Å². The number of hydrogen-bond donors (Lipinski definition) is 2. The summed E-state index contributed by atoms with van der Waals surface area (Å²) in [5, 5.41) is 9.62. The van der Waals surface area contributed by atoms with E-state index >= 15 is 0 Å². The molecule has 0 spiro atoms. The SMILES string of the molecule is COC(C)c1noc(CCC(=O)Nc2ccc3c(c2F)CCNC3)n1. The molecule has 1 aliphatic rings. The summed E-state index contributed by atoms with van der Waals surface area (Å²) in [4.78, 5) is 16.3. The lowest BCUT2D eigenvalue weighted by Gasteiger charge is -2.19. The normalized spacial score (nSPS) is 14.8. The quantitative estimate of drug-likeness (QED) is 0.831. The van der Waals surface area contributed by atoms with E-state index in [0.29, 0.717) is 30.2 Å². The number of aromatic nitrogens is 2. The van der Waals surface area contributed by atoms with Crippen LogP contribution in [-0.2, 0) is 28.9 Å². The van der Waals surface area contributed by atoms with Crippen LogP contribution in [0.5, 0.6) is 0 Å². The highest BCUT2D eigenvalue weighted by Crippen LogP contribution is 2.24. The number of nitrogens with one attached hydrogen (secondary N) is 2. The Morgan fingerprint density at radius 1 is 1.52 bits per heavy atom. The Morgan fingerprint density at radius 2 is 2.36 bits per heavy atom. The predicted octanol–water partition coefficient (Wildman–Crippen LogP) is 2.13. The molecular formula is C17H21FN4O3. The molecule has 3 rings (SSSR count). The maximum Gasteiger partial charge on any atom is 0.227 e. The first-order valence-electron chi connectivity index (χ1n) is 8.24. The first-order chi connectivity index (χ1) is 12.1. The fourth-order valence-corrected chi connectivity index (χ4v) is 2.70. The van der Waals surface area contributed by atoms with Crippen LogP contribution in [-0.4, -0.2) is 29.7 Å². The van der Waals surface area contributed by atoms with Gasteiger partial charge >= 0.3 is 0 Å². The number of aryl methyl sites for hydroxylation is 1. The van der Waals surface area contributed by atoms with Gasteiger partial charge in [0.1, 0.15) is 11.9 Å². The number of benzene rings is 1. The molecular weight excluding hydrogens is 327 g/mol. The number of anilines is 1. The zero-order valence-corrected chi connectivity index (χ0v) is 14.3. The van der Waals surface area contributed by atoms with Crippen LogP contribution in [0.25, 0.3) is 0 Å². The molecule has 0 saturated carbocycles. The summed E-state index contributed by atoms with van der Waals surface area (Å²) in [7, 11) is 1.55. The van der Waals surface area contributed by atoms with Crippen molar-refractivity contribution in [3.63, 3.8) is 0 Å². The molecule has 1 aromatic heterocycles. The van der Waals surface area contributed by atoms with Crippen LogP contribution >= 0.6 is 0 Å². The van der Waals surface area contributed by atoms with Gasteiger partial charge in [-0.15, -0.1) is 0 Å². The number of fused-ring (bicyclic) bond motifs is 1. The number of halogens is 1. The van der Waals surface area contributed by atoms with Crippen molar-refractivity contribution in [3.8, 4) is 0 Å². The lowest BCUT2D eigenvalue weighted by Crippen LogP contribution is -2.25. The van der Waals surface area contributed by atoms with E-state index in [1.807, 2.05) is 6.07 Å². The minimum absolute atomic E-state index is 0.126. The van der Waals surface area contributed by atoms with Gasteiger partial charge in [0.05, 0.1) is 5.69 Å². The van der Waals surface area contributed by atoms with Gasteiger partial charge in [0, 0.05) is 26.5 Å². The highest BCUT2D eigenvalue weighted by molar-refractivity contribution is 5.91. The highest BCUT2D eigenvalue weighted by atomic mass is 19.1. The molecule has 25 heavy (non-hydrogen) atoms. The first kappa shape index (κ1) is 17.5. The van der Waals surface area contributed by atoms with Gasteiger partial charge < -0.3 is 19.9 Å². The smallest absolute Gasteiger partial charge is 0.227 e. The van der Waals surface area contributed by atoms with Crippen molar-refractivity contribution >= 4 is 11.6 Å². The van der Waals surface area contributed by atoms with Crippen LogP contribution < -0.4 is 10.6 Å². The number of methoxy groups -OCH3 is 1. The van der Waals surface area contributed by atoms with E-state index in [9.17, 15) is 9.18 Å². The molecule has 0 radical (unpaired) electrons. The third kappa shape index (κ3) is 4.02. The summed E-state index contributed by atoms with van der Waals surface area (Å²) >= 11 is 0. The lowest BCUT2D eigenvalue weighted by atomic mass is 9.99. The first-order valence-corrected chi connectivity index (χ1v) is 8.24. The maximum atomic E-state index is 14.5. The second-order valence-corrected chi connectivity index (χ2v) is 5.96. The number of hydrogen-bond acceptors (Lipinski definition) is 6. The van der Waals surface area contributed by atoms with Gasteiger partial charge in [-0.3, -0.25) is 4.79 Å². The lowest BCUT2D eigenvalue weighted by molar-refractivity contribution is -0.116. The Hall–Kier alpha value is -2.32. The van der Waals surface area contributed by atoms with Crippen LogP contribution in [0.4, 0.5) is 10.1 Å². The maximum absolute atomic E-state index is 14.5. The summed E-state index contributed by atoms with van der Waals surface area (Å²) in [6.07, 6.45) is 0.755. The zero-order chi connectivity index (χ0) is 17.8. The van der Waals surface area contributed by atoms with Crippen molar-refractivity contribution < 1.29 is 18.4 Å². The highest BCUT2D eigenvalue weighted by Gasteiger charge is 2.18. The third-order valence-electron chi connectivity index (χ3n) is 4.25.